The smallest absolute Gasteiger partial charge is 0.0489 e. The highest BCUT2D eigenvalue weighted by molar-refractivity contribution is 6.21. The van der Waals surface area contributed by atoms with E-state index >= 15 is 0 Å². The Morgan fingerprint density at radius 2 is 2.12 bits per heavy atom. The van der Waals surface area contributed by atoms with Crippen molar-refractivity contribution in [3.8, 4) is 0 Å². The van der Waals surface area contributed by atoms with Gasteiger partial charge in [-0.25, -0.2) is 0 Å². The summed E-state index contributed by atoms with van der Waals surface area (Å²) in [6.07, 6.45) is 2.30. The van der Waals surface area contributed by atoms with E-state index in [2.05, 4.69) is 6.92 Å². The molecule has 1 rings (SSSR count). The Labute approximate surface area is 55.2 Å². The highest BCUT2D eigenvalue weighted by atomic mass is 35.5. The van der Waals surface area contributed by atoms with Gasteiger partial charge in [-0.3, -0.25) is 0 Å². The number of nitrogens with two attached hydrogens (primary N) is 1. The lowest BCUT2D eigenvalue weighted by Gasteiger charge is -2.10. The Morgan fingerprint density at radius 1 is 1.50 bits per heavy atom. The van der Waals surface area contributed by atoms with Crippen LogP contribution in [0.4, 0.5) is 0 Å². The Bertz CT molecular complexity index is 74.6. The van der Waals surface area contributed by atoms with Gasteiger partial charge in [0.05, 0.1) is 0 Å². The van der Waals surface area contributed by atoms with E-state index in [-0.39, 0.29) is 11.4 Å². The SMILES string of the molecule is CC1CCC(Cl)C1N. The van der Waals surface area contributed by atoms with Crippen LogP contribution in [0, 0.1) is 5.92 Å². The van der Waals surface area contributed by atoms with Gasteiger partial charge in [-0.1, -0.05) is 6.92 Å². The van der Waals surface area contributed by atoms with E-state index in [0.717, 1.165) is 6.42 Å². The fourth-order valence-electron chi connectivity index (χ4n) is 1.16. The molecule has 1 saturated carbocycles. The number of alkyl halides is 1. The first kappa shape index (κ1) is 6.37. The molecular formula is C6H12ClN. The average molecular weight is 134 g/mol. The summed E-state index contributed by atoms with van der Waals surface area (Å²) < 4.78 is 0. The molecule has 3 atom stereocenters. The van der Waals surface area contributed by atoms with E-state index < -0.39 is 0 Å². The summed E-state index contributed by atoms with van der Waals surface area (Å²) in [5.74, 6) is 0.637. The molecule has 0 aromatic carbocycles. The second-order valence-electron chi connectivity index (χ2n) is 2.65. The van der Waals surface area contributed by atoms with Gasteiger partial charge in [0.15, 0.2) is 0 Å². The van der Waals surface area contributed by atoms with Crippen LogP contribution in [0.25, 0.3) is 0 Å². The predicted octanol–water partition coefficient (Wildman–Crippen LogP) is 1.35. The standard InChI is InChI=1S/C6H12ClN/c1-4-2-3-5(7)6(4)8/h4-6H,2-3,8H2,1H3. The van der Waals surface area contributed by atoms with Crippen molar-refractivity contribution in [3.63, 3.8) is 0 Å². The van der Waals surface area contributed by atoms with E-state index in [1.165, 1.54) is 6.42 Å². The normalized spacial score (nSPS) is 47.6. The van der Waals surface area contributed by atoms with Gasteiger partial charge in [-0.05, 0) is 18.8 Å². The molecule has 8 heavy (non-hydrogen) atoms. The summed E-state index contributed by atoms with van der Waals surface area (Å²) in [4.78, 5) is 0. The highest BCUT2D eigenvalue weighted by Gasteiger charge is 2.27. The van der Waals surface area contributed by atoms with E-state index in [1.807, 2.05) is 0 Å². The van der Waals surface area contributed by atoms with Gasteiger partial charge in [0.25, 0.3) is 0 Å². The second kappa shape index (κ2) is 2.24. The maximum atomic E-state index is 5.83. The number of rotatable bonds is 0. The molecule has 0 saturated heterocycles. The number of halogens is 1. The van der Waals surface area contributed by atoms with Gasteiger partial charge < -0.3 is 5.73 Å². The van der Waals surface area contributed by atoms with Gasteiger partial charge in [-0.15, -0.1) is 11.6 Å². The topological polar surface area (TPSA) is 26.0 Å². The molecule has 1 fully saturated rings. The Morgan fingerprint density at radius 3 is 2.25 bits per heavy atom. The lowest BCUT2D eigenvalue weighted by atomic mass is 10.1. The molecule has 0 amide bonds. The molecule has 0 radical (unpaired) electrons. The second-order valence-corrected chi connectivity index (χ2v) is 3.21. The van der Waals surface area contributed by atoms with Crippen LogP contribution < -0.4 is 5.73 Å². The molecule has 3 unspecified atom stereocenters. The zero-order chi connectivity index (χ0) is 6.15. The van der Waals surface area contributed by atoms with Gasteiger partial charge in [0, 0.05) is 11.4 Å². The molecule has 2 heteroatoms. The first-order valence-corrected chi connectivity index (χ1v) is 3.55. The van der Waals surface area contributed by atoms with Crippen molar-refractivity contribution in [2.45, 2.75) is 31.2 Å². The fourth-order valence-corrected chi connectivity index (χ4v) is 1.54. The van der Waals surface area contributed by atoms with Crippen LogP contribution in [0.2, 0.25) is 0 Å². The monoisotopic (exact) mass is 133 g/mol. The maximum absolute atomic E-state index is 5.83. The quantitative estimate of drug-likeness (QED) is 0.496. The van der Waals surface area contributed by atoms with Crippen molar-refractivity contribution in [2.24, 2.45) is 11.7 Å². The molecule has 0 heterocycles. The van der Waals surface area contributed by atoms with Crippen molar-refractivity contribution in [3.05, 3.63) is 0 Å². The van der Waals surface area contributed by atoms with Crippen molar-refractivity contribution >= 4 is 11.6 Å². The molecule has 1 nitrogen and oxygen atoms in total. The summed E-state index contributed by atoms with van der Waals surface area (Å²) >= 11 is 5.83. The Hall–Kier alpha value is 0.250. The first-order valence-electron chi connectivity index (χ1n) is 3.11. The lowest BCUT2D eigenvalue weighted by molar-refractivity contribution is 0.530. The minimum Gasteiger partial charge on any atom is -0.326 e. The summed E-state index contributed by atoms with van der Waals surface area (Å²) in [6.45, 7) is 2.16. The molecule has 1 aliphatic carbocycles. The molecule has 2 N–H and O–H groups in total. The van der Waals surface area contributed by atoms with Gasteiger partial charge >= 0.3 is 0 Å². The molecule has 48 valence electrons. The van der Waals surface area contributed by atoms with Crippen LogP contribution in [0.1, 0.15) is 19.8 Å². The molecule has 0 bridgehead atoms. The van der Waals surface area contributed by atoms with Crippen LogP contribution in [-0.2, 0) is 0 Å². The molecular weight excluding hydrogens is 122 g/mol. The largest absolute Gasteiger partial charge is 0.326 e. The zero-order valence-corrected chi connectivity index (χ0v) is 5.86. The summed E-state index contributed by atoms with van der Waals surface area (Å²) in [6, 6.07) is 0.247. The van der Waals surface area contributed by atoms with E-state index in [4.69, 9.17) is 17.3 Å². The Kier molecular flexibility index (Phi) is 1.78. The van der Waals surface area contributed by atoms with Crippen molar-refractivity contribution in [1.82, 2.24) is 0 Å². The van der Waals surface area contributed by atoms with Crippen LogP contribution in [-0.4, -0.2) is 11.4 Å². The van der Waals surface area contributed by atoms with E-state index in [9.17, 15) is 0 Å². The van der Waals surface area contributed by atoms with Gasteiger partial charge in [0.2, 0.25) is 0 Å². The third kappa shape index (κ3) is 0.981. The fraction of sp³-hybridized carbons (Fsp3) is 1.00. The third-order valence-electron chi connectivity index (χ3n) is 1.97. The van der Waals surface area contributed by atoms with Gasteiger partial charge in [0.1, 0.15) is 0 Å². The summed E-state index contributed by atoms with van der Waals surface area (Å²) in [5.41, 5.74) is 5.69. The minimum atomic E-state index is 0.241. The molecule has 0 aromatic rings. The highest BCUT2D eigenvalue weighted by Crippen LogP contribution is 2.27. The first-order chi connectivity index (χ1) is 3.72. The molecule has 1 aliphatic rings. The predicted molar refractivity (Wildman–Crippen MR) is 36.0 cm³/mol. The van der Waals surface area contributed by atoms with E-state index in [1.54, 1.807) is 0 Å². The lowest BCUT2D eigenvalue weighted by Crippen LogP contribution is -2.30. The number of hydrogen-bond donors (Lipinski definition) is 1. The molecule has 0 spiro atoms. The average Bonchev–Trinajstić information content (AvgIpc) is 1.98. The van der Waals surface area contributed by atoms with Crippen molar-refractivity contribution in [1.29, 1.82) is 0 Å². The van der Waals surface area contributed by atoms with Crippen LogP contribution in [0.5, 0.6) is 0 Å². The van der Waals surface area contributed by atoms with Crippen molar-refractivity contribution in [2.75, 3.05) is 0 Å². The van der Waals surface area contributed by atoms with Gasteiger partial charge in [-0.2, -0.15) is 0 Å². The summed E-state index contributed by atoms with van der Waals surface area (Å²) in [7, 11) is 0. The van der Waals surface area contributed by atoms with Crippen LogP contribution >= 0.6 is 11.6 Å². The van der Waals surface area contributed by atoms with Crippen LogP contribution in [0.15, 0.2) is 0 Å². The third-order valence-corrected chi connectivity index (χ3v) is 2.48. The van der Waals surface area contributed by atoms with E-state index in [0.29, 0.717) is 5.92 Å². The zero-order valence-electron chi connectivity index (χ0n) is 5.10. The number of hydrogen-bond acceptors (Lipinski definition) is 1. The Balaban J connectivity index is 2.44. The molecule has 0 aliphatic heterocycles. The summed E-state index contributed by atoms with van der Waals surface area (Å²) in [5, 5.41) is 0.241. The van der Waals surface area contributed by atoms with Crippen molar-refractivity contribution < 1.29 is 0 Å². The van der Waals surface area contributed by atoms with Crippen LogP contribution in [0.3, 0.4) is 0 Å². The maximum Gasteiger partial charge on any atom is 0.0489 e. The molecule has 0 aromatic heterocycles. The minimum absolute atomic E-state index is 0.241.